The van der Waals surface area contributed by atoms with Crippen LogP contribution in [0.1, 0.15) is 195 Å². The summed E-state index contributed by atoms with van der Waals surface area (Å²) in [7, 11) is 0. The molecule has 486 valence electrons. The van der Waals surface area contributed by atoms with Crippen molar-refractivity contribution in [2.45, 2.75) is 189 Å². The maximum Gasteiger partial charge on any atom is 0.163 e. The minimum Gasteiger partial charge on any atom is -0.507 e. The molecule has 3 aliphatic heterocycles. The maximum atomic E-state index is 17.0. The monoisotopic (exact) mass is 1260 g/mol. The van der Waals surface area contributed by atoms with Gasteiger partial charge < -0.3 is 56.0 Å². The lowest BCUT2D eigenvalue weighted by Crippen LogP contribution is -2.51. The predicted molar refractivity (Wildman–Crippen MR) is 363 cm³/mol. The van der Waals surface area contributed by atoms with Gasteiger partial charge in [0, 0.05) is 78.9 Å². The van der Waals surface area contributed by atoms with Crippen molar-refractivity contribution in [1.29, 1.82) is 0 Å². The fourth-order valence-electron chi connectivity index (χ4n) is 20.2. The van der Waals surface area contributed by atoms with Crippen LogP contribution in [0.3, 0.4) is 0 Å². The van der Waals surface area contributed by atoms with E-state index >= 15 is 9.59 Å². The Kier molecular flexibility index (Phi) is 15.8. The molecule has 6 aromatic rings. The third-order valence-corrected chi connectivity index (χ3v) is 24.8. The number of aromatic hydroxyl groups is 2. The molecule has 7 aliphatic carbocycles. The molecule has 2 aromatic heterocycles. The number of hydrogen-bond acceptors (Lipinski definition) is 11. The van der Waals surface area contributed by atoms with Crippen molar-refractivity contribution >= 4 is 29.0 Å². The lowest BCUT2D eigenvalue weighted by molar-refractivity contribution is -0.136. The Balaban J connectivity index is 1.01. The number of fused-ring (bicyclic) bond motifs is 11. The highest BCUT2D eigenvalue weighted by Gasteiger charge is 2.65. The number of allylic oxidation sites excluding steroid dienone is 1. The average Bonchev–Trinajstić information content (AvgIpc) is 1.50. The second-order valence-corrected chi connectivity index (χ2v) is 30.0. The lowest BCUT2D eigenvalue weighted by atomic mass is 9.58. The van der Waals surface area contributed by atoms with E-state index < -0.39 is 59.5 Å². The number of aromatic nitrogens is 2. The second-order valence-electron chi connectivity index (χ2n) is 30.0. The van der Waals surface area contributed by atoms with Crippen LogP contribution in [0.2, 0.25) is 0 Å². The fraction of sp³-hybridized carbons (Fsp3) is 0.481. The van der Waals surface area contributed by atoms with E-state index in [0.717, 1.165) is 120 Å². The van der Waals surface area contributed by atoms with Gasteiger partial charge in [-0.2, -0.15) is 0 Å². The van der Waals surface area contributed by atoms with E-state index in [-0.39, 0.29) is 95.8 Å². The number of ketones is 2. The summed E-state index contributed by atoms with van der Waals surface area (Å²) in [6.45, 7) is 0.536. The van der Waals surface area contributed by atoms with Crippen LogP contribution in [0.5, 0.6) is 17.2 Å². The van der Waals surface area contributed by atoms with E-state index in [1.165, 1.54) is 25.7 Å². The summed E-state index contributed by atoms with van der Waals surface area (Å²) >= 11 is 0. The van der Waals surface area contributed by atoms with Crippen molar-refractivity contribution < 1.29 is 45.0 Å². The van der Waals surface area contributed by atoms with Gasteiger partial charge in [-0.1, -0.05) is 91.1 Å². The van der Waals surface area contributed by atoms with Crippen molar-refractivity contribution in [1.82, 2.24) is 15.3 Å². The first-order chi connectivity index (χ1) is 45.7. The van der Waals surface area contributed by atoms with Crippen LogP contribution in [-0.4, -0.2) is 95.7 Å². The van der Waals surface area contributed by atoms with Crippen LogP contribution >= 0.6 is 0 Å². The number of benzene rings is 4. The zero-order valence-corrected chi connectivity index (χ0v) is 53.8. The number of ether oxygens (including phenoxy) is 1. The number of hydrogen-bond donors (Lipinski definition) is 10. The number of phenolic OH excluding ortho intramolecular Hbond substituents is 2. The molecule has 94 heavy (non-hydrogen) atoms. The smallest absolute Gasteiger partial charge is 0.163 e. The highest BCUT2D eigenvalue weighted by molar-refractivity contribution is 6.06. The van der Waals surface area contributed by atoms with Crippen LogP contribution < -0.4 is 15.4 Å². The van der Waals surface area contributed by atoms with Gasteiger partial charge in [0.1, 0.15) is 29.5 Å². The number of aliphatic hydroxyl groups excluding tert-OH is 3. The topological polar surface area (TPSA) is 220 Å². The molecule has 11 unspecified atom stereocenters. The van der Waals surface area contributed by atoms with Gasteiger partial charge in [0.25, 0.3) is 0 Å². The number of aliphatic hydroxyl groups is 4. The van der Waals surface area contributed by atoms with Crippen LogP contribution in [-0.2, 0) is 40.7 Å². The van der Waals surface area contributed by atoms with Crippen LogP contribution in [0, 0.1) is 58.2 Å². The molecule has 0 amide bonds. The molecule has 10 N–H and O–H groups in total. The van der Waals surface area contributed by atoms with Crippen molar-refractivity contribution in [3.8, 4) is 52.1 Å². The van der Waals surface area contributed by atoms with E-state index in [1.807, 2.05) is 36.7 Å². The molecular weight excluding hydrogens is 1170 g/mol. The number of carbonyl (C=O) groups is 2. The number of aromatic amines is 2. The first-order valence-corrected chi connectivity index (χ1v) is 35.3. The molecule has 3 spiro atoms. The van der Waals surface area contributed by atoms with Crippen LogP contribution in [0.4, 0.5) is 5.82 Å². The standard InChI is InChI=1S/C81H88N4O9/c86-39-27-58-67(88)22-19-48-40-62(74(90)68(41-48)94-54-13-2-3-14-54)73(89)61-43-53-42-51-25-37-84-77(51)85-65-21-20-52-46-82-36-9-12-49-10-1-4-15-55(49)60(61)44-64(53)81(76(52)92)35-34-79(33-32-78(47-79)28-5-6-29-78)69(81)18-8-16-59-70(65)71(75(58)91)63(57-26-38-83-72(57)59)45-80(93)30-23-50-11-7-17-66(87)56(50)24-31-80/h1,4,7,10-11,15,17,24-26,31,37-38,40-41,43-44,52,54,58,63,65,69,71,73,76,82-87,89-90,92-93H,2-3,5-6,9,12-14,16,19,22-23,27-30,32-36,39,42,45-47H2. The Labute approximate surface area is 551 Å². The number of Topliss-reactive ketones (excluding diaryl/α,β-unsaturated/α-hetero) is 2. The van der Waals surface area contributed by atoms with E-state index in [9.17, 15) is 30.6 Å². The highest BCUT2D eigenvalue weighted by Crippen LogP contribution is 2.70. The number of nitrogens with one attached hydrogen (secondary N) is 4. The molecule has 4 saturated carbocycles. The summed E-state index contributed by atoms with van der Waals surface area (Å²) in [6, 6.07) is 25.2. The van der Waals surface area contributed by atoms with Gasteiger partial charge in [-0.05, 0) is 236 Å². The third-order valence-electron chi connectivity index (χ3n) is 24.8. The van der Waals surface area contributed by atoms with E-state index in [4.69, 9.17) is 4.74 Å². The van der Waals surface area contributed by atoms with Crippen molar-refractivity contribution in [2.24, 2.45) is 34.5 Å². The maximum absolute atomic E-state index is 17.0. The molecule has 13 nitrogen and oxygen atoms in total. The Morgan fingerprint density at radius 3 is 2.41 bits per heavy atom. The minimum atomic E-state index is -1.51. The molecular formula is C81H88N4O9. The largest absolute Gasteiger partial charge is 0.507 e. The van der Waals surface area contributed by atoms with Gasteiger partial charge >= 0.3 is 0 Å². The number of carbonyl (C=O) groups excluding carboxylic acids is 2. The molecule has 11 atom stereocenters. The normalized spacial score (nSPS) is 30.8. The van der Waals surface area contributed by atoms with Crippen molar-refractivity contribution in [3.63, 3.8) is 0 Å². The molecule has 4 aromatic carbocycles. The van der Waals surface area contributed by atoms with Crippen molar-refractivity contribution in [2.75, 3.05) is 25.0 Å². The first-order valence-electron chi connectivity index (χ1n) is 35.3. The zero-order chi connectivity index (χ0) is 64.1. The Bertz CT molecular complexity index is 4190. The molecule has 13 heteroatoms. The quantitative estimate of drug-likeness (QED) is 0.0558. The van der Waals surface area contributed by atoms with Gasteiger partial charge in [-0.3, -0.25) is 9.59 Å². The fourth-order valence-corrected chi connectivity index (χ4v) is 20.2. The minimum absolute atomic E-state index is 0.0589. The SMILES string of the molecule is O=C1CCc2cc(OC3CCCC3)c(O)c(c2)C(O)c2cc3c4cc2-c2ccccc2CCCNCC2C#CC(Nc5[nH]ccc5C3)C3=C(CC#CC5C6(CCC7(CCCC7)C6)CCC45C2O)c2[nH]ccc2C(CC2(O)C=Cc4c(O)cccc4CC2)C3C(=O)C1CCO. The Hall–Kier alpha value is -7.62. The Morgan fingerprint density at radius 2 is 1.55 bits per heavy atom. The van der Waals surface area contributed by atoms with E-state index in [0.29, 0.717) is 60.4 Å². The molecule has 10 aliphatic rings. The molecule has 5 heterocycles. The molecule has 9 bridgehead atoms. The second kappa shape index (κ2) is 24.2. The summed E-state index contributed by atoms with van der Waals surface area (Å²) in [5.74, 6) is 11.7. The number of anilines is 1. The van der Waals surface area contributed by atoms with Gasteiger partial charge in [-0.15, -0.1) is 0 Å². The van der Waals surface area contributed by atoms with Gasteiger partial charge in [0.05, 0.1) is 35.6 Å². The summed E-state index contributed by atoms with van der Waals surface area (Å²) < 4.78 is 6.77. The van der Waals surface area contributed by atoms with Gasteiger partial charge in [0.15, 0.2) is 17.3 Å². The number of phenols is 2. The third kappa shape index (κ3) is 10.4. The van der Waals surface area contributed by atoms with E-state index in [2.05, 4.69) is 86.7 Å². The lowest BCUT2D eigenvalue weighted by Gasteiger charge is -2.46. The highest BCUT2D eigenvalue weighted by atomic mass is 16.5. The summed E-state index contributed by atoms with van der Waals surface area (Å²) in [5, 5.41) is 84.7. The predicted octanol–water partition coefficient (Wildman–Crippen LogP) is 12.5. The summed E-state index contributed by atoms with van der Waals surface area (Å²) in [5.41, 5.74) is 9.14. The van der Waals surface area contributed by atoms with E-state index in [1.54, 1.807) is 24.3 Å². The van der Waals surface area contributed by atoms with Crippen LogP contribution in [0.15, 0.2) is 103 Å². The Morgan fingerprint density at radius 1 is 0.723 bits per heavy atom. The molecule has 16 rings (SSSR count). The summed E-state index contributed by atoms with van der Waals surface area (Å²) in [6.07, 6.45) is 20.4. The first kappa shape index (κ1) is 61.3. The number of aryl methyl sites for hydroxylation is 3. The number of H-pyrrole nitrogens is 2. The average molecular weight is 1260 g/mol. The van der Waals surface area contributed by atoms with Crippen molar-refractivity contribution in [3.05, 3.63) is 164 Å². The van der Waals surface area contributed by atoms with Gasteiger partial charge in [-0.25, -0.2) is 0 Å². The molecule has 0 radical (unpaired) electrons. The zero-order valence-electron chi connectivity index (χ0n) is 53.8. The summed E-state index contributed by atoms with van der Waals surface area (Å²) in [4.78, 5) is 40.1. The number of rotatable bonds is 6. The molecule has 0 saturated heterocycles. The molecule has 4 fully saturated rings. The van der Waals surface area contributed by atoms with Crippen LogP contribution in [0.25, 0.3) is 22.8 Å². The van der Waals surface area contributed by atoms with Gasteiger partial charge in [0.2, 0.25) is 0 Å².